The molecule has 0 radical (unpaired) electrons. The van der Waals surface area contributed by atoms with Gasteiger partial charge in [-0.25, -0.2) is 4.98 Å². The van der Waals surface area contributed by atoms with Crippen molar-refractivity contribution >= 4 is 27.5 Å². The molecule has 4 aromatic rings. The van der Waals surface area contributed by atoms with Gasteiger partial charge in [0.25, 0.3) is 5.91 Å². The minimum Gasteiger partial charge on any atom is -0.494 e. The zero-order chi connectivity index (χ0) is 24.1. The van der Waals surface area contributed by atoms with E-state index in [-0.39, 0.29) is 18.6 Å². The predicted octanol–water partition coefficient (Wildman–Crippen LogP) is 5.07. The number of thiophene rings is 1. The number of nitrogens with zero attached hydrogens (tertiary/aromatic N) is 2. The highest BCUT2D eigenvalue weighted by Crippen LogP contribution is 2.35. The Bertz CT molecular complexity index is 1270. The Labute approximate surface area is 202 Å². The summed E-state index contributed by atoms with van der Waals surface area (Å²) in [5, 5.41) is 3.96. The van der Waals surface area contributed by atoms with Crippen molar-refractivity contribution in [2.24, 2.45) is 0 Å². The predicted molar refractivity (Wildman–Crippen MR) is 133 cm³/mol. The molecule has 0 aliphatic rings. The molecule has 4 rings (SSSR count). The summed E-state index contributed by atoms with van der Waals surface area (Å²) >= 11 is 1.32. The van der Waals surface area contributed by atoms with Gasteiger partial charge < -0.3 is 19.5 Å². The van der Waals surface area contributed by atoms with Crippen molar-refractivity contribution in [3.63, 3.8) is 0 Å². The quantitative estimate of drug-likeness (QED) is 0.362. The third kappa shape index (κ3) is 4.88. The average Bonchev–Trinajstić information content (AvgIpc) is 3.20. The van der Waals surface area contributed by atoms with Crippen molar-refractivity contribution in [2.75, 3.05) is 20.8 Å². The van der Waals surface area contributed by atoms with Crippen LogP contribution in [0.15, 0.2) is 54.6 Å². The van der Waals surface area contributed by atoms with Gasteiger partial charge >= 0.3 is 0 Å². The Kier molecular flexibility index (Phi) is 7.40. The van der Waals surface area contributed by atoms with Crippen LogP contribution in [0.25, 0.3) is 10.2 Å². The maximum Gasteiger partial charge on any atom is 0.262 e. The molecule has 0 aliphatic heterocycles. The summed E-state index contributed by atoms with van der Waals surface area (Å²) in [6, 6.07) is 17.4. The molecule has 2 heterocycles. The molecule has 1 atom stereocenters. The van der Waals surface area contributed by atoms with Crippen LogP contribution in [0, 0.1) is 6.92 Å². The zero-order valence-electron chi connectivity index (χ0n) is 19.6. The molecule has 2 aromatic carbocycles. The van der Waals surface area contributed by atoms with E-state index in [9.17, 15) is 4.79 Å². The molecular formula is C26H27N3O4S. The summed E-state index contributed by atoms with van der Waals surface area (Å²) < 4.78 is 16.2. The summed E-state index contributed by atoms with van der Waals surface area (Å²) in [5.41, 5.74) is 2.73. The molecule has 2 aromatic heterocycles. The maximum absolute atomic E-state index is 13.5. The number of hydrogen-bond donors (Lipinski definition) is 1. The Morgan fingerprint density at radius 2 is 1.74 bits per heavy atom. The minimum atomic E-state index is -0.328. The molecule has 0 aliphatic carbocycles. The van der Waals surface area contributed by atoms with Gasteiger partial charge in [0.05, 0.1) is 30.0 Å². The number of aromatic nitrogens is 2. The smallest absolute Gasteiger partial charge is 0.262 e. The Balaban J connectivity index is 1.71. The molecular weight excluding hydrogens is 450 g/mol. The van der Waals surface area contributed by atoms with Gasteiger partial charge in [0.2, 0.25) is 5.88 Å². The number of carbonyl (C=O) groups excluding carboxylic acids is 1. The average molecular weight is 478 g/mol. The number of rotatable bonds is 9. The Morgan fingerprint density at radius 3 is 2.38 bits per heavy atom. The third-order valence-electron chi connectivity index (χ3n) is 5.41. The third-order valence-corrected chi connectivity index (χ3v) is 6.59. The molecule has 0 fully saturated rings. The van der Waals surface area contributed by atoms with E-state index in [4.69, 9.17) is 14.2 Å². The number of hydrogen-bond acceptors (Lipinski definition) is 7. The number of carbonyl (C=O) groups is 1. The van der Waals surface area contributed by atoms with Crippen molar-refractivity contribution in [3.05, 3.63) is 82.0 Å². The van der Waals surface area contributed by atoms with Gasteiger partial charge in [-0.1, -0.05) is 42.5 Å². The molecule has 1 N–H and O–H groups in total. The van der Waals surface area contributed by atoms with E-state index in [1.165, 1.54) is 11.3 Å². The first-order chi connectivity index (χ1) is 16.5. The fourth-order valence-corrected chi connectivity index (χ4v) is 4.92. The largest absolute Gasteiger partial charge is 0.494 e. The van der Waals surface area contributed by atoms with Gasteiger partial charge in [-0.05, 0) is 42.7 Å². The molecule has 8 heteroatoms. The van der Waals surface area contributed by atoms with Gasteiger partial charge in [-0.3, -0.25) is 4.79 Å². The van der Waals surface area contributed by atoms with E-state index in [0.29, 0.717) is 28.0 Å². The van der Waals surface area contributed by atoms with Crippen LogP contribution in [0.5, 0.6) is 11.6 Å². The molecule has 0 saturated heterocycles. The fraction of sp³-hybridized carbons (Fsp3) is 0.269. The lowest BCUT2D eigenvalue weighted by Crippen LogP contribution is -2.29. The summed E-state index contributed by atoms with van der Waals surface area (Å²) in [7, 11) is 3.15. The molecule has 1 unspecified atom stereocenters. The summed E-state index contributed by atoms with van der Waals surface area (Å²) in [5.74, 6) is 1.56. The zero-order valence-corrected chi connectivity index (χ0v) is 20.4. The molecule has 1 amide bonds. The molecule has 7 nitrogen and oxygen atoms in total. The lowest BCUT2D eigenvalue weighted by Gasteiger charge is -2.20. The number of fused-ring (bicyclic) bond motifs is 1. The van der Waals surface area contributed by atoms with E-state index in [2.05, 4.69) is 15.3 Å². The Morgan fingerprint density at radius 1 is 1.03 bits per heavy atom. The number of methoxy groups -OCH3 is 2. The van der Waals surface area contributed by atoms with Crippen molar-refractivity contribution in [3.8, 4) is 11.6 Å². The van der Waals surface area contributed by atoms with Crippen LogP contribution in [-0.2, 0) is 11.3 Å². The van der Waals surface area contributed by atoms with Crippen LogP contribution >= 0.6 is 11.3 Å². The van der Waals surface area contributed by atoms with Crippen molar-refractivity contribution < 1.29 is 19.0 Å². The van der Waals surface area contributed by atoms with Gasteiger partial charge in [-0.15, -0.1) is 11.3 Å². The van der Waals surface area contributed by atoms with E-state index >= 15 is 0 Å². The maximum atomic E-state index is 13.5. The number of ether oxygens (including phenoxy) is 3. The Hall–Kier alpha value is -3.49. The summed E-state index contributed by atoms with van der Waals surface area (Å²) in [4.78, 5) is 23.8. The monoisotopic (exact) mass is 477 g/mol. The molecule has 34 heavy (non-hydrogen) atoms. The van der Waals surface area contributed by atoms with Crippen LogP contribution in [0.4, 0.5) is 0 Å². The fourth-order valence-electron chi connectivity index (χ4n) is 3.83. The highest BCUT2D eigenvalue weighted by Gasteiger charge is 2.24. The SMILES string of the molecule is CCOc1ccc(C(NC(=O)c2sc3nc(COC)nc(OC)c3c2C)c2ccccc2)cc1. The first-order valence-electron chi connectivity index (χ1n) is 11.0. The summed E-state index contributed by atoms with van der Waals surface area (Å²) in [6.45, 7) is 4.70. The first kappa shape index (κ1) is 23.7. The van der Waals surface area contributed by atoms with Crippen LogP contribution in [0.3, 0.4) is 0 Å². The van der Waals surface area contributed by atoms with Gasteiger partial charge in [0.15, 0.2) is 5.82 Å². The minimum absolute atomic E-state index is 0.182. The van der Waals surface area contributed by atoms with Crippen molar-refractivity contribution in [1.29, 1.82) is 0 Å². The molecule has 0 spiro atoms. The van der Waals surface area contributed by atoms with Crippen molar-refractivity contribution in [1.82, 2.24) is 15.3 Å². The first-order valence-corrected chi connectivity index (χ1v) is 11.8. The number of nitrogens with one attached hydrogen (secondary N) is 1. The second kappa shape index (κ2) is 10.6. The molecule has 0 saturated carbocycles. The van der Waals surface area contributed by atoms with Gasteiger partial charge in [0.1, 0.15) is 17.2 Å². The summed E-state index contributed by atoms with van der Waals surface area (Å²) in [6.07, 6.45) is 0. The van der Waals surface area contributed by atoms with Crippen LogP contribution < -0.4 is 14.8 Å². The van der Waals surface area contributed by atoms with E-state index in [1.54, 1.807) is 14.2 Å². The lowest BCUT2D eigenvalue weighted by atomic mass is 9.98. The van der Waals surface area contributed by atoms with Crippen LogP contribution in [-0.4, -0.2) is 36.7 Å². The van der Waals surface area contributed by atoms with Crippen LogP contribution in [0.2, 0.25) is 0 Å². The topological polar surface area (TPSA) is 82.6 Å². The van der Waals surface area contributed by atoms with Crippen molar-refractivity contribution in [2.45, 2.75) is 26.5 Å². The normalized spacial score (nSPS) is 11.9. The number of benzene rings is 2. The lowest BCUT2D eigenvalue weighted by molar-refractivity contribution is 0.0946. The number of aryl methyl sites for hydroxylation is 1. The number of amides is 1. The van der Waals surface area contributed by atoms with Gasteiger partial charge in [-0.2, -0.15) is 4.98 Å². The highest BCUT2D eigenvalue weighted by molar-refractivity contribution is 7.20. The highest BCUT2D eigenvalue weighted by atomic mass is 32.1. The van der Waals surface area contributed by atoms with E-state index in [1.807, 2.05) is 68.4 Å². The second-order valence-corrected chi connectivity index (χ2v) is 8.64. The molecule has 0 bridgehead atoms. The van der Waals surface area contributed by atoms with Gasteiger partial charge in [0, 0.05) is 7.11 Å². The molecule has 176 valence electrons. The van der Waals surface area contributed by atoms with Crippen LogP contribution in [0.1, 0.15) is 45.2 Å². The van der Waals surface area contributed by atoms with E-state index < -0.39 is 0 Å². The standard InChI is InChI=1S/C26H27N3O4S/c1-5-33-19-13-11-18(12-14-19)22(17-9-7-6-8-10-17)29-24(30)23-16(2)21-25(32-4)27-20(15-31-3)28-26(21)34-23/h6-14,22H,5,15H2,1-4H3,(H,29,30). The second-order valence-electron chi connectivity index (χ2n) is 7.64. The van der Waals surface area contributed by atoms with E-state index in [0.717, 1.165) is 27.8 Å².